The summed E-state index contributed by atoms with van der Waals surface area (Å²) in [6.45, 7) is 0.552. The predicted molar refractivity (Wildman–Crippen MR) is 99.5 cm³/mol. The Balaban J connectivity index is 1.66. The lowest BCUT2D eigenvalue weighted by Crippen LogP contribution is -2.25. The van der Waals surface area contributed by atoms with Gasteiger partial charge in [-0.1, -0.05) is 54.1 Å². The van der Waals surface area contributed by atoms with Crippen LogP contribution in [0.5, 0.6) is 0 Å². The van der Waals surface area contributed by atoms with E-state index in [-0.39, 0.29) is 5.91 Å². The second-order valence-corrected chi connectivity index (χ2v) is 6.48. The molecule has 122 valence electrons. The van der Waals surface area contributed by atoms with Crippen molar-refractivity contribution in [2.24, 2.45) is 0 Å². The van der Waals surface area contributed by atoms with Gasteiger partial charge in [0.25, 0.3) is 5.91 Å². The molecule has 0 aliphatic carbocycles. The summed E-state index contributed by atoms with van der Waals surface area (Å²) in [7, 11) is 0. The van der Waals surface area contributed by atoms with Crippen LogP contribution in [0.1, 0.15) is 15.2 Å². The molecule has 0 saturated carbocycles. The summed E-state index contributed by atoms with van der Waals surface area (Å²) in [5.74, 6) is -0.193. The maximum atomic E-state index is 12.3. The number of nitrogens with two attached hydrogens (primary N) is 1. The van der Waals surface area contributed by atoms with Gasteiger partial charge in [-0.05, 0) is 35.6 Å². The molecule has 0 saturated heterocycles. The van der Waals surface area contributed by atoms with Gasteiger partial charge in [-0.2, -0.15) is 4.37 Å². The number of carbonyl (C=O) groups is 1. The molecule has 0 fully saturated rings. The zero-order chi connectivity index (χ0) is 16.9. The van der Waals surface area contributed by atoms with Crippen molar-refractivity contribution in [1.82, 2.24) is 9.69 Å². The van der Waals surface area contributed by atoms with Crippen LogP contribution in [0, 0.1) is 0 Å². The number of nitrogens with zero attached hydrogens (tertiary/aromatic N) is 1. The number of amides is 1. The number of rotatable bonds is 5. The molecule has 0 aliphatic rings. The fraction of sp³-hybridized carbons (Fsp3) is 0.111. The topological polar surface area (TPSA) is 68.0 Å². The Morgan fingerprint density at radius 3 is 2.54 bits per heavy atom. The van der Waals surface area contributed by atoms with Gasteiger partial charge in [-0.25, -0.2) is 0 Å². The summed E-state index contributed by atoms with van der Waals surface area (Å²) in [4.78, 5) is 12.8. The van der Waals surface area contributed by atoms with E-state index in [0.717, 1.165) is 23.5 Å². The van der Waals surface area contributed by atoms with E-state index in [1.165, 1.54) is 5.56 Å². The highest BCUT2D eigenvalue weighted by molar-refractivity contribution is 7.09. The van der Waals surface area contributed by atoms with Gasteiger partial charge in [0.2, 0.25) is 0 Å². The molecule has 6 heteroatoms. The third kappa shape index (κ3) is 3.75. The molecule has 4 nitrogen and oxygen atoms in total. The highest BCUT2D eigenvalue weighted by Gasteiger charge is 2.18. The van der Waals surface area contributed by atoms with Gasteiger partial charge in [0, 0.05) is 17.1 Å². The third-order valence-corrected chi connectivity index (χ3v) is 4.71. The summed E-state index contributed by atoms with van der Waals surface area (Å²) in [5.41, 5.74) is 9.15. The number of nitrogens with one attached hydrogen (secondary N) is 1. The van der Waals surface area contributed by atoms with Gasteiger partial charge < -0.3 is 11.1 Å². The number of halogens is 1. The lowest BCUT2D eigenvalue weighted by atomic mass is 10.1. The van der Waals surface area contributed by atoms with Crippen LogP contribution in [-0.4, -0.2) is 16.8 Å². The number of hydrogen-bond acceptors (Lipinski definition) is 4. The summed E-state index contributed by atoms with van der Waals surface area (Å²) in [6.07, 6.45) is 0.773. The Labute approximate surface area is 149 Å². The van der Waals surface area contributed by atoms with Crippen LogP contribution in [-0.2, 0) is 6.42 Å². The van der Waals surface area contributed by atoms with Gasteiger partial charge >= 0.3 is 0 Å². The third-order valence-electron chi connectivity index (χ3n) is 3.59. The summed E-state index contributed by atoms with van der Waals surface area (Å²) < 4.78 is 4.32. The largest absolute Gasteiger partial charge is 0.396 e. The molecule has 0 atom stereocenters. The van der Waals surface area contributed by atoms with Crippen molar-refractivity contribution in [2.75, 3.05) is 12.3 Å². The molecule has 3 N–H and O–H groups in total. The van der Waals surface area contributed by atoms with E-state index in [1.807, 2.05) is 42.5 Å². The van der Waals surface area contributed by atoms with Crippen molar-refractivity contribution in [3.8, 4) is 11.3 Å². The van der Waals surface area contributed by atoms with E-state index in [2.05, 4.69) is 9.69 Å². The maximum Gasteiger partial charge on any atom is 0.265 e. The van der Waals surface area contributed by atoms with Crippen molar-refractivity contribution in [3.05, 3.63) is 70.1 Å². The molecular weight excluding hydrogens is 342 g/mol. The number of benzene rings is 2. The molecule has 3 rings (SSSR count). The molecule has 24 heavy (non-hydrogen) atoms. The molecule has 0 unspecified atom stereocenters. The minimum atomic E-state index is -0.193. The van der Waals surface area contributed by atoms with E-state index in [4.69, 9.17) is 17.3 Å². The first-order valence-corrected chi connectivity index (χ1v) is 8.63. The molecule has 0 bridgehead atoms. The minimum absolute atomic E-state index is 0.193. The molecule has 1 heterocycles. The predicted octanol–water partition coefficient (Wildman–Crippen LogP) is 4.02. The van der Waals surface area contributed by atoms with Crippen molar-refractivity contribution in [1.29, 1.82) is 0 Å². The van der Waals surface area contributed by atoms with Crippen LogP contribution in [0.3, 0.4) is 0 Å². The van der Waals surface area contributed by atoms with E-state index < -0.39 is 0 Å². The fourth-order valence-corrected chi connectivity index (χ4v) is 3.18. The summed E-state index contributed by atoms with van der Waals surface area (Å²) in [5, 5.41) is 3.54. The average molecular weight is 358 g/mol. The van der Waals surface area contributed by atoms with E-state index in [0.29, 0.717) is 27.8 Å². The van der Waals surface area contributed by atoms with Crippen molar-refractivity contribution in [2.45, 2.75) is 6.42 Å². The Kier molecular flexibility index (Phi) is 5.13. The molecule has 0 spiro atoms. The Morgan fingerprint density at radius 2 is 1.83 bits per heavy atom. The lowest BCUT2D eigenvalue weighted by molar-refractivity contribution is 0.0959. The number of carbonyl (C=O) groups excluding carboxylic acids is 1. The smallest absolute Gasteiger partial charge is 0.265 e. The molecule has 1 amide bonds. The van der Waals surface area contributed by atoms with E-state index >= 15 is 0 Å². The van der Waals surface area contributed by atoms with Gasteiger partial charge in [0.05, 0.1) is 5.69 Å². The molecule has 1 aromatic heterocycles. The van der Waals surface area contributed by atoms with Gasteiger partial charge in [0.1, 0.15) is 10.6 Å². The van der Waals surface area contributed by atoms with Crippen LogP contribution in [0.2, 0.25) is 5.02 Å². The quantitative estimate of drug-likeness (QED) is 0.724. The number of anilines is 1. The molecule has 3 aromatic rings. The van der Waals surface area contributed by atoms with E-state index in [9.17, 15) is 4.79 Å². The Morgan fingerprint density at radius 1 is 1.12 bits per heavy atom. The summed E-state index contributed by atoms with van der Waals surface area (Å²) >= 11 is 7.00. The number of nitrogen functional groups attached to an aromatic ring is 1. The number of aromatic nitrogens is 1. The Hall–Kier alpha value is -2.37. The first kappa shape index (κ1) is 16.5. The highest BCUT2D eigenvalue weighted by atomic mass is 35.5. The molecule has 0 aliphatic heterocycles. The average Bonchev–Trinajstić information content (AvgIpc) is 2.98. The highest BCUT2D eigenvalue weighted by Crippen LogP contribution is 2.31. The molecule has 2 aromatic carbocycles. The first-order chi connectivity index (χ1) is 11.6. The maximum absolute atomic E-state index is 12.3. The van der Waals surface area contributed by atoms with Gasteiger partial charge in [-0.3, -0.25) is 4.79 Å². The zero-order valence-electron chi connectivity index (χ0n) is 12.8. The SMILES string of the molecule is Nc1c(-c2ccc(Cl)cc2)nsc1C(=O)NCCc1ccccc1. The monoisotopic (exact) mass is 357 g/mol. The van der Waals surface area contributed by atoms with Crippen LogP contribution in [0.15, 0.2) is 54.6 Å². The van der Waals surface area contributed by atoms with Crippen molar-refractivity contribution < 1.29 is 4.79 Å². The van der Waals surface area contributed by atoms with Crippen LogP contribution < -0.4 is 11.1 Å². The van der Waals surface area contributed by atoms with Crippen molar-refractivity contribution in [3.63, 3.8) is 0 Å². The van der Waals surface area contributed by atoms with Gasteiger partial charge in [0.15, 0.2) is 0 Å². The van der Waals surface area contributed by atoms with Crippen LogP contribution >= 0.6 is 23.1 Å². The standard InChI is InChI=1S/C18H16ClN3OS/c19-14-8-6-13(7-9-14)16-15(20)17(24-22-16)18(23)21-11-10-12-4-2-1-3-5-12/h1-9H,10-11,20H2,(H,21,23). The van der Waals surface area contributed by atoms with Gasteiger partial charge in [-0.15, -0.1) is 0 Å². The molecule has 0 radical (unpaired) electrons. The summed E-state index contributed by atoms with van der Waals surface area (Å²) in [6, 6.07) is 17.2. The lowest BCUT2D eigenvalue weighted by Gasteiger charge is -2.05. The van der Waals surface area contributed by atoms with Crippen LogP contribution in [0.4, 0.5) is 5.69 Å². The number of hydrogen-bond donors (Lipinski definition) is 2. The van der Waals surface area contributed by atoms with Crippen LogP contribution in [0.25, 0.3) is 11.3 Å². The van der Waals surface area contributed by atoms with E-state index in [1.54, 1.807) is 12.1 Å². The molecular formula is C18H16ClN3OS. The first-order valence-electron chi connectivity index (χ1n) is 7.48. The normalized spacial score (nSPS) is 10.5. The Bertz CT molecular complexity index is 831. The fourth-order valence-electron chi connectivity index (χ4n) is 2.32. The van der Waals surface area contributed by atoms with Crippen molar-refractivity contribution >= 4 is 34.7 Å². The minimum Gasteiger partial charge on any atom is -0.396 e. The second kappa shape index (κ2) is 7.47. The zero-order valence-corrected chi connectivity index (χ0v) is 14.4. The second-order valence-electron chi connectivity index (χ2n) is 5.27.